The lowest BCUT2D eigenvalue weighted by Crippen LogP contribution is -2.50. The highest BCUT2D eigenvalue weighted by atomic mass is 32.1. The fraction of sp³-hybridized carbons (Fsp3) is 0.429. The van der Waals surface area contributed by atoms with Gasteiger partial charge in [-0.15, -0.1) is 0 Å². The fourth-order valence-corrected chi connectivity index (χ4v) is 5.46. The van der Waals surface area contributed by atoms with Crippen LogP contribution < -0.4 is 15.1 Å². The van der Waals surface area contributed by atoms with E-state index in [-0.39, 0.29) is 0 Å². The summed E-state index contributed by atoms with van der Waals surface area (Å²) in [4.78, 5) is 13.8. The first-order chi connectivity index (χ1) is 18.2. The molecule has 0 spiro atoms. The van der Waals surface area contributed by atoms with Crippen molar-refractivity contribution < 1.29 is 13.2 Å². The quantitative estimate of drug-likeness (QED) is 0.453. The van der Waals surface area contributed by atoms with E-state index in [1.807, 2.05) is 17.0 Å². The van der Waals surface area contributed by atoms with Gasteiger partial charge < -0.3 is 24.9 Å². The molecule has 1 aromatic heterocycles. The predicted octanol–water partition coefficient (Wildman–Crippen LogP) is 5.22. The summed E-state index contributed by atoms with van der Waals surface area (Å²) in [6, 6.07) is 13.8. The number of anilines is 3. The van der Waals surface area contributed by atoms with Gasteiger partial charge in [-0.1, -0.05) is 13.0 Å². The van der Waals surface area contributed by atoms with Crippen LogP contribution >= 0.6 is 12.2 Å². The van der Waals surface area contributed by atoms with Crippen LogP contribution in [0.3, 0.4) is 0 Å². The Balaban J connectivity index is 1.21. The molecule has 2 aliphatic heterocycles. The maximum Gasteiger partial charge on any atom is 0.416 e. The number of benzene rings is 2. The highest BCUT2D eigenvalue weighted by Crippen LogP contribution is 2.32. The van der Waals surface area contributed by atoms with Crippen LogP contribution in [-0.4, -0.2) is 78.8 Å². The monoisotopic (exact) mass is 542 g/mol. The number of thiocarbonyl (C=S) groups is 1. The third-order valence-electron chi connectivity index (χ3n) is 7.50. The molecule has 10 heteroatoms. The lowest BCUT2D eigenvalue weighted by atomic mass is 10.1. The van der Waals surface area contributed by atoms with Crippen LogP contribution in [0.2, 0.25) is 0 Å². The van der Waals surface area contributed by atoms with E-state index in [2.05, 4.69) is 46.0 Å². The second kappa shape index (κ2) is 10.9. The molecule has 0 aliphatic carbocycles. The van der Waals surface area contributed by atoms with Gasteiger partial charge in [-0.3, -0.25) is 0 Å². The van der Waals surface area contributed by atoms with Gasteiger partial charge in [0.2, 0.25) is 0 Å². The van der Waals surface area contributed by atoms with Gasteiger partial charge in [-0.2, -0.15) is 13.2 Å². The Kier molecular flexibility index (Phi) is 7.63. The predicted molar refractivity (Wildman–Crippen MR) is 152 cm³/mol. The van der Waals surface area contributed by atoms with Crippen LogP contribution in [0.1, 0.15) is 18.1 Å². The zero-order chi connectivity index (χ0) is 26.9. The summed E-state index contributed by atoms with van der Waals surface area (Å²) < 4.78 is 39.3. The number of halogens is 3. The van der Waals surface area contributed by atoms with E-state index in [0.29, 0.717) is 37.0 Å². The van der Waals surface area contributed by atoms with Gasteiger partial charge >= 0.3 is 6.18 Å². The number of aromatic nitrogens is 1. The molecule has 202 valence electrons. The second-order valence-electron chi connectivity index (χ2n) is 9.90. The molecule has 5 rings (SSSR count). The Morgan fingerprint density at radius 3 is 2.32 bits per heavy atom. The van der Waals surface area contributed by atoms with Gasteiger partial charge in [0.1, 0.15) is 5.82 Å². The van der Waals surface area contributed by atoms with Gasteiger partial charge in [0.15, 0.2) is 5.11 Å². The molecule has 2 aliphatic rings. The summed E-state index contributed by atoms with van der Waals surface area (Å²) >= 11 is 5.68. The minimum Gasteiger partial charge on any atom is -0.368 e. The molecule has 2 fully saturated rings. The molecule has 3 aromatic rings. The Hall–Kier alpha value is -3.11. The van der Waals surface area contributed by atoms with E-state index < -0.39 is 11.7 Å². The van der Waals surface area contributed by atoms with Gasteiger partial charge in [-0.05, 0) is 73.7 Å². The zero-order valence-corrected chi connectivity index (χ0v) is 22.6. The average molecular weight is 543 g/mol. The smallest absolute Gasteiger partial charge is 0.368 e. The Labute approximate surface area is 227 Å². The van der Waals surface area contributed by atoms with E-state index in [1.165, 1.54) is 17.7 Å². The molecule has 0 unspecified atom stereocenters. The number of alkyl halides is 3. The lowest BCUT2D eigenvalue weighted by molar-refractivity contribution is -0.137. The van der Waals surface area contributed by atoms with Gasteiger partial charge in [0, 0.05) is 69.1 Å². The van der Waals surface area contributed by atoms with Crippen LogP contribution in [-0.2, 0) is 6.18 Å². The summed E-state index contributed by atoms with van der Waals surface area (Å²) in [5.41, 5.74) is 3.00. The average Bonchev–Trinajstić information content (AvgIpc) is 2.93. The minimum atomic E-state index is -4.34. The number of hydrogen-bond acceptors (Lipinski definition) is 5. The highest BCUT2D eigenvalue weighted by molar-refractivity contribution is 7.80. The van der Waals surface area contributed by atoms with Gasteiger partial charge in [0.05, 0.1) is 11.1 Å². The van der Waals surface area contributed by atoms with Gasteiger partial charge in [-0.25, -0.2) is 4.98 Å². The first-order valence-corrected chi connectivity index (χ1v) is 13.5. The van der Waals surface area contributed by atoms with Gasteiger partial charge in [0.25, 0.3) is 0 Å². The molecule has 2 saturated heterocycles. The standard InChI is InChI=1S/C28H33F3N6S/c1-3-34-9-11-36(12-10-34)26-17-20(2)24-19-22(7-8-25(24)33-26)32-27(38)37-15-13-35(14-16-37)23-6-4-5-21(18-23)28(29,30)31/h4-8,17-19H,3,9-16H2,1-2H3,(H,32,38). The van der Waals surface area contributed by atoms with E-state index >= 15 is 0 Å². The normalized spacial score (nSPS) is 17.2. The summed E-state index contributed by atoms with van der Waals surface area (Å²) in [7, 11) is 0. The van der Waals surface area contributed by atoms with Crippen molar-refractivity contribution in [3.63, 3.8) is 0 Å². The first-order valence-electron chi connectivity index (χ1n) is 13.1. The van der Waals surface area contributed by atoms with Crippen molar-refractivity contribution in [2.75, 3.05) is 74.0 Å². The maximum absolute atomic E-state index is 13.1. The maximum atomic E-state index is 13.1. The van der Waals surface area contributed by atoms with Crippen molar-refractivity contribution in [1.82, 2.24) is 14.8 Å². The number of likely N-dealkylation sites (N-methyl/N-ethyl adjacent to an activating group) is 1. The molecular weight excluding hydrogens is 509 g/mol. The highest BCUT2D eigenvalue weighted by Gasteiger charge is 2.31. The largest absolute Gasteiger partial charge is 0.416 e. The Bertz CT molecular complexity index is 1300. The molecule has 0 bridgehead atoms. The van der Waals surface area contributed by atoms with E-state index in [9.17, 15) is 13.2 Å². The number of nitrogens with one attached hydrogen (secondary N) is 1. The number of pyridine rings is 1. The molecule has 1 N–H and O–H groups in total. The summed E-state index contributed by atoms with van der Waals surface area (Å²) in [6.07, 6.45) is -4.34. The Morgan fingerprint density at radius 2 is 1.63 bits per heavy atom. The molecule has 0 saturated carbocycles. The third-order valence-corrected chi connectivity index (χ3v) is 7.86. The fourth-order valence-electron chi connectivity index (χ4n) is 5.16. The minimum absolute atomic E-state index is 0.586. The first kappa shape index (κ1) is 26.5. The van der Waals surface area contributed by atoms with E-state index in [4.69, 9.17) is 17.2 Å². The van der Waals surface area contributed by atoms with E-state index in [0.717, 1.165) is 61.2 Å². The topological polar surface area (TPSA) is 37.9 Å². The molecule has 3 heterocycles. The second-order valence-corrected chi connectivity index (χ2v) is 10.3. The molecule has 0 atom stereocenters. The van der Waals surface area contributed by atoms with Crippen LogP contribution in [0.25, 0.3) is 10.9 Å². The van der Waals surface area contributed by atoms with Crippen molar-refractivity contribution in [3.8, 4) is 0 Å². The summed E-state index contributed by atoms with van der Waals surface area (Å²) in [5.74, 6) is 1.03. The number of nitrogens with zero attached hydrogens (tertiary/aromatic N) is 5. The van der Waals surface area contributed by atoms with Crippen molar-refractivity contribution in [2.45, 2.75) is 20.0 Å². The number of piperazine rings is 2. The van der Waals surface area contributed by atoms with Crippen LogP contribution in [0.15, 0.2) is 48.5 Å². The van der Waals surface area contributed by atoms with Crippen molar-refractivity contribution in [2.24, 2.45) is 0 Å². The molecule has 38 heavy (non-hydrogen) atoms. The van der Waals surface area contributed by atoms with Crippen LogP contribution in [0.5, 0.6) is 0 Å². The summed E-state index contributed by atoms with van der Waals surface area (Å²) in [5, 5.41) is 5.05. The molecule has 0 amide bonds. The Morgan fingerprint density at radius 1 is 0.921 bits per heavy atom. The molecule has 6 nitrogen and oxygen atoms in total. The molecule has 0 radical (unpaired) electrons. The van der Waals surface area contributed by atoms with Crippen molar-refractivity contribution >= 4 is 45.4 Å². The number of rotatable bonds is 4. The lowest BCUT2D eigenvalue weighted by Gasteiger charge is -2.37. The third kappa shape index (κ3) is 5.81. The van der Waals surface area contributed by atoms with Crippen LogP contribution in [0.4, 0.5) is 30.4 Å². The summed E-state index contributed by atoms with van der Waals surface area (Å²) in [6.45, 7) is 11.9. The molecule has 2 aromatic carbocycles. The van der Waals surface area contributed by atoms with Crippen molar-refractivity contribution in [3.05, 3.63) is 59.7 Å². The number of hydrogen-bond donors (Lipinski definition) is 1. The van der Waals surface area contributed by atoms with Crippen LogP contribution in [0, 0.1) is 6.92 Å². The van der Waals surface area contributed by atoms with E-state index in [1.54, 1.807) is 6.07 Å². The molecular formula is C28H33F3N6S. The zero-order valence-electron chi connectivity index (χ0n) is 21.8. The number of aryl methyl sites for hydroxylation is 1. The van der Waals surface area contributed by atoms with Crippen molar-refractivity contribution in [1.29, 1.82) is 0 Å². The number of fused-ring (bicyclic) bond motifs is 1. The SMILES string of the molecule is CCN1CCN(c2cc(C)c3cc(NC(=S)N4CCN(c5cccc(C(F)(F)F)c5)CC4)ccc3n2)CC1.